The van der Waals surface area contributed by atoms with E-state index in [1.54, 1.807) is 13.4 Å². The van der Waals surface area contributed by atoms with Crippen LogP contribution in [0.5, 0.6) is 0 Å². The Labute approximate surface area is 115 Å². The predicted octanol–water partition coefficient (Wildman–Crippen LogP) is 0.556. The molecular formula is C8H12I2N4O. The van der Waals surface area contributed by atoms with Crippen LogP contribution < -0.4 is 11.1 Å². The van der Waals surface area contributed by atoms with Crippen LogP contribution in [0.25, 0.3) is 0 Å². The van der Waals surface area contributed by atoms with Crippen molar-refractivity contribution in [1.29, 1.82) is 0 Å². The zero-order chi connectivity index (χ0) is 11.4. The summed E-state index contributed by atoms with van der Waals surface area (Å²) < 4.78 is 4.08. The molecule has 3 N–H and O–H groups in total. The molecule has 1 atom stereocenters. The molecule has 0 spiro atoms. The number of nitrogens with one attached hydrogen (secondary N) is 1. The Morgan fingerprint density at radius 2 is 2.40 bits per heavy atom. The summed E-state index contributed by atoms with van der Waals surface area (Å²) in [5, 5.41) is 2.89. The van der Waals surface area contributed by atoms with Crippen LogP contribution in [0.1, 0.15) is 6.42 Å². The van der Waals surface area contributed by atoms with E-state index in [0.29, 0.717) is 6.42 Å². The quantitative estimate of drug-likeness (QED) is 0.666. The number of nitrogens with zero attached hydrogens (tertiary/aromatic N) is 2. The Kier molecular flexibility index (Phi) is 5.26. The lowest BCUT2D eigenvalue weighted by Crippen LogP contribution is -2.39. The summed E-state index contributed by atoms with van der Waals surface area (Å²) in [5.74, 6) is -0.317. The van der Waals surface area contributed by atoms with Crippen molar-refractivity contribution in [2.75, 3.05) is 7.05 Å². The van der Waals surface area contributed by atoms with Crippen LogP contribution in [0.4, 0.5) is 0 Å². The smallest absolute Gasteiger partial charge is 0.234 e. The van der Waals surface area contributed by atoms with Crippen molar-refractivity contribution in [3.8, 4) is 0 Å². The molecule has 1 unspecified atom stereocenters. The lowest BCUT2D eigenvalue weighted by atomic mass is 10.2. The van der Waals surface area contributed by atoms with Crippen LogP contribution in [0.2, 0.25) is 0 Å². The topological polar surface area (TPSA) is 72.9 Å². The minimum atomic E-state index is -0.317. The van der Waals surface area contributed by atoms with E-state index in [2.05, 4.69) is 55.5 Å². The minimum Gasteiger partial charge on any atom is -0.368 e. The standard InChI is InChI=1S/C8H12I2N4O/c1-12-5(8(11)15)2-3-14-4-13-6(9)7(14)10/h4-5,12H,2-3H2,1H3,(H2,11,15). The van der Waals surface area contributed by atoms with E-state index in [1.165, 1.54) is 0 Å². The molecule has 0 aliphatic heterocycles. The highest BCUT2D eigenvalue weighted by Crippen LogP contribution is 2.13. The molecule has 7 heteroatoms. The van der Waals surface area contributed by atoms with Gasteiger partial charge in [-0.1, -0.05) is 0 Å². The second-order valence-electron chi connectivity index (χ2n) is 3.05. The maximum atomic E-state index is 11.0. The van der Waals surface area contributed by atoms with Gasteiger partial charge >= 0.3 is 0 Å². The van der Waals surface area contributed by atoms with Gasteiger partial charge in [-0.05, 0) is 58.7 Å². The molecule has 1 aromatic heterocycles. The van der Waals surface area contributed by atoms with Gasteiger partial charge in [0.1, 0.15) is 7.40 Å². The first-order chi connectivity index (χ1) is 7.06. The van der Waals surface area contributed by atoms with Gasteiger partial charge in [-0.3, -0.25) is 4.79 Å². The van der Waals surface area contributed by atoms with Crippen molar-refractivity contribution in [3.63, 3.8) is 0 Å². The molecule has 1 rings (SSSR count). The highest BCUT2D eigenvalue weighted by molar-refractivity contribution is 14.1. The molecule has 0 bridgehead atoms. The summed E-state index contributed by atoms with van der Waals surface area (Å²) in [5.41, 5.74) is 5.22. The number of aryl methyl sites for hydroxylation is 1. The summed E-state index contributed by atoms with van der Waals surface area (Å²) in [7, 11) is 1.73. The summed E-state index contributed by atoms with van der Waals surface area (Å²) in [4.78, 5) is 15.1. The van der Waals surface area contributed by atoms with Gasteiger partial charge in [0.15, 0.2) is 0 Å². The summed E-state index contributed by atoms with van der Waals surface area (Å²) >= 11 is 4.41. The number of amides is 1. The van der Waals surface area contributed by atoms with Crippen molar-refractivity contribution in [2.45, 2.75) is 19.0 Å². The van der Waals surface area contributed by atoms with Crippen LogP contribution in [0, 0.1) is 7.40 Å². The van der Waals surface area contributed by atoms with Crippen LogP contribution in [0.15, 0.2) is 6.33 Å². The first kappa shape index (κ1) is 13.2. The Balaban J connectivity index is 2.56. The number of carbonyl (C=O) groups excluding carboxylic acids is 1. The number of carbonyl (C=O) groups is 1. The van der Waals surface area contributed by atoms with Gasteiger partial charge in [0.25, 0.3) is 0 Å². The second kappa shape index (κ2) is 5.99. The normalized spacial score (nSPS) is 12.7. The number of hydrogen-bond donors (Lipinski definition) is 2. The van der Waals surface area contributed by atoms with Crippen molar-refractivity contribution >= 4 is 51.1 Å². The molecule has 0 aliphatic carbocycles. The average Bonchev–Trinajstić information content (AvgIpc) is 2.49. The zero-order valence-corrected chi connectivity index (χ0v) is 12.5. The van der Waals surface area contributed by atoms with Gasteiger partial charge in [-0.2, -0.15) is 0 Å². The van der Waals surface area contributed by atoms with Gasteiger partial charge < -0.3 is 15.6 Å². The van der Waals surface area contributed by atoms with Gasteiger partial charge in [0, 0.05) is 6.54 Å². The molecule has 0 saturated heterocycles. The molecule has 0 aliphatic rings. The largest absolute Gasteiger partial charge is 0.368 e. The number of likely N-dealkylation sites (N-methyl/N-ethyl adjacent to an activating group) is 1. The van der Waals surface area contributed by atoms with Crippen molar-refractivity contribution in [2.24, 2.45) is 5.73 Å². The third kappa shape index (κ3) is 3.55. The fraction of sp³-hybridized carbons (Fsp3) is 0.500. The van der Waals surface area contributed by atoms with Crippen LogP contribution in [-0.4, -0.2) is 28.5 Å². The van der Waals surface area contributed by atoms with Gasteiger partial charge in [0.2, 0.25) is 5.91 Å². The predicted molar refractivity (Wildman–Crippen MR) is 74.3 cm³/mol. The maximum Gasteiger partial charge on any atom is 0.234 e. The van der Waals surface area contributed by atoms with Crippen LogP contribution in [0.3, 0.4) is 0 Å². The molecule has 5 nitrogen and oxygen atoms in total. The Morgan fingerprint density at radius 1 is 1.73 bits per heavy atom. The number of imidazole rings is 1. The number of rotatable bonds is 5. The highest BCUT2D eigenvalue weighted by Gasteiger charge is 2.13. The highest BCUT2D eigenvalue weighted by atomic mass is 127. The van der Waals surface area contributed by atoms with Crippen molar-refractivity contribution < 1.29 is 4.79 Å². The van der Waals surface area contributed by atoms with E-state index in [1.807, 2.05) is 4.57 Å². The molecule has 0 fully saturated rings. The second-order valence-corrected chi connectivity index (χ2v) is 5.10. The molecule has 0 aromatic carbocycles. The van der Waals surface area contributed by atoms with E-state index < -0.39 is 0 Å². The van der Waals surface area contributed by atoms with E-state index in [0.717, 1.165) is 13.9 Å². The summed E-state index contributed by atoms with van der Waals surface area (Å²) in [6.07, 6.45) is 2.45. The number of aromatic nitrogens is 2. The number of halogens is 2. The average molecular weight is 434 g/mol. The number of primary amides is 1. The molecule has 15 heavy (non-hydrogen) atoms. The van der Waals surface area contributed by atoms with Crippen LogP contribution in [-0.2, 0) is 11.3 Å². The van der Waals surface area contributed by atoms with Gasteiger partial charge in [-0.25, -0.2) is 4.98 Å². The fourth-order valence-electron chi connectivity index (χ4n) is 1.20. The molecular weight excluding hydrogens is 422 g/mol. The third-order valence-electron chi connectivity index (χ3n) is 2.08. The monoisotopic (exact) mass is 434 g/mol. The number of nitrogens with two attached hydrogens (primary N) is 1. The van der Waals surface area contributed by atoms with Gasteiger partial charge in [0.05, 0.1) is 12.4 Å². The Hall–Kier alpha value is 0.1000. The van der Waals surface area contributed by atoms with E-state index in [4.69, 9.17) is 5.73 Å². The van der Waals surface area contributed by atoms with Gasteiger partial charge in [-0.15, -0.1) is 0 Å². The molecule has 0 radical (unpaired) electrons. The SMILES string of the molecule is CNC(CCn1cnc(I)c1I)C(N)=O. The van der Waals surface area contributed by atoms with E-state index in [9.17, 15) is 4.79 Å². The Morgan fingerprint density at radius 3 is 2.80 bits per heavy atom. The Bertz CT molecular complexity index is 352. The van der Waals surface area contributed by atoms with E-state index >= 15 is 0 Å². The minimum absolute atomic E-state index is 0.277. The number of hydrogen-bond acceptors (Lipinski definition) is 3. The van der Waals surface area contributed by atoms with Crippen molar-refractivity contribution in [3.05, 3.63) is 13.7 Å². The molecule has 1 aromatic rings. The van der Waals surface area contributed by atoms with Crippen molar-refractivity contribution in [1.82, 2.24) is 14.9 Å². The third-order valence-corrected chi connectivity index (χ3v) is 5.04. The fourth-order valence-corrected chi connectivity index (χ4v) is 2.14. The summed E-state index contributed by atoms with van der Waals surface area (Å²) in [6.45, 7) is 0.739. The maximum absolute atomic E-state index is 11.0. The first-order valence-electron chi connectivity index (χ1n) is 4.39. The molecule has 1 heterocycles. The molecule has 0 saturated carbocycles. The summed E-state index contributed by atoms with van der Waals surface area (Å²) in [6, 6.07) is -0.277. The molecule has 1 amide bonds. The first-order valence-corrected chi connectivity index (χ1v) is 6.54. The zero-order valence-electron chi connectivity index (χ0n) is 8.20. The molecule has 84 valence electrons. The lowest BCUT2D eigenvalue weighted by Gasteiger charge is -2.12. The van der Waals surface area contributed by atoms with E-state index in [-0.39, 0.29) is 11.9 Å². The lowest BCUT2D eigenvalue weighted by molar-refractivity contribution is -0.120. The van der Waals surface area contributed by atoms with Crippen LogP contribution >= 0.6 is 45.2 Å².